The van der Waals surface area contributed by atoms with Crippen LogP contribution in [0.25, 0.3) is 0 Å². The summed E-state index contributed by atoms with van der Waals surface area (Å²) in [6.45, 7) is 28.1. The van der Waals surface area contributed by atoms with Crippen LogP contribution in [0.4, 0.5) is 0 Å². The minimum Gasteiger partial charge on any atom is -0.370 e. The Morgan fingerprint density at radius 1 is 0.263 bits per heavy atom. The number of fused-ring (bicyclic) bond motifs is 1. The largest absolute Gasteiger partial charge is 0.668 e. The van der Waals surface area contributed by atoms with Crippen molar-refractivity contribution in [3.05, 3.63) is 0 Å². The molecule has 0 spiro atoms. The van der Waals surface area contributed by atoms with Crippen molar-refractivity contribution in [1.82, 2.24) is 0 Å². The molecule has 0 radical (unpaired) electrons. The first-order valence-electron chi connectivity index (χ1n) is 18.1. The van der Waals surface area contributed by atoms with Gasteiger partial charge in [-0.25, -0.2) is 0 Å². The van der Waals surface area contributed by atoms with Crippen molar-refractivity contribution in [1.29, 1.82) is 0 Å². The molecule has 0 N–H and O–H groups in total. The molecule has 28 heteroatoms. The van der Waals surface area contributed by atoms with E-state index in [1.165, 1.54) is 0 Å². The molecular weight excluding hydrogens is 893 g/mol. The van der Waals surface area contributed by atoms with E-state index in [0.717, 1.165) is 0 Å². The molecule has 0 aromatic rings. The fraction of sp³-hybridized carbons (Fsp3) is 1.00. The van der Waals surface area contributed by atoms with E-state index in [1.54, 1.807) is 111 Å². The standard InChI is InChI=1S/C25H58O20Si8.4CH4/c1-18(2)27-46-17-26-47(28-19(3)4)37-50(31-22(9)10)39-48(35-46,29-20(5)6)41-52(33-24(13)14)42-49(36-46,30-21(7)8)40-51(38-47,32-23(11)12)44-53(43-50,45-52)34-25(15)16;;;;/h18-25H,17H2,1-16H3;4*1H4/t46?,47?,48-,49-,50+,51?,52?,53?;;;;/m1..../s1. The van der Waals surface area contributed by atoms with E-state index in [2.05, 4.69) is 0 Å². The Morgan fingerprint density at radius 3 is 0.649 bits per heavy atom. The van der Waals surface area contributed by atoms with Crippen molar-refractivity contribution in [3.8, 4) is 0 Å². The van der Waals surface area contributed by atoms with Crippen LogP contribution in [0.3, 0.4) is 0 Å². The molecule has 8 atom stereocenters. The molecule has 6 fully saturated rings. The minimum absolute atomic E-state index is 0. The van der Waals surface area contributed by atoms with Crippen LogP contribution in [-0.4, -0.2) is 127 Å². The van der Waals surface area contributed by atoms with Gasteiger partial charge in [-0.05, 0) is 111 Å². The van der Waals surface area contributed by atoms with Crippen LogP contribution in [0.1, 0.15) is 140 Å². The minimum atomic E-state index is -4.96. The quantitative estimate of drug-likeness (QED) is 0.171. The highest BCUT2D eigenvalue weighted by Crippen LogP contribution is 2.49. The molecule has 0 aromatic carbocycles. The molecule has 6 saturated heterocycles. The maximum atomic E-state index is 7.03. The smallest absolute Gasteiger partial charge is 0.370 e. The number of rotatable bonds is 16. The van der Waals surface area contributed by atoms with E-state index in [-0.39, 0.29) is 29.7 Å². The van der Waals surface area contributed by atoms with Crippen LogP contribution >= 0.6 is 0 Å². The number of hydrogen-bond donors (Lipinski definition) is 0. The summed E-state index contributed by atoms with van der Waals surface area (Å²) >= 11 is 0. The predicted octanol–water partition coefficient (Wildman–Crippen LogP) is 5.73. The molecule has 6 aliphatic rings. The predicted molar refractivity (Wildman–Crippen MR) is 221 cm³/mol. The Balaban J connectivity index is 0.00000406. The summed E-state index contributed by atoms with van der Waals surface area (Å²) in [5.41, 5.74) is 0. The van der Waals surface area contributed by atoms with E-state index in [1.807, 2.05) is 0 Å². The van der Waals surface area contributed by atoms with E-state index < -0.39 is 127 Å². The lowest BCUT2D eigenvalue weighted by Crippen LogP contribution is -2.87. The van der Waals surface area contributed by atoms with Crippen molar-refractivity contribution in [3.63, 3.8) is 0 Å². The van der Waals surface area contributed by atoms with Gasteiger partial charge in [0.15, 0.2) is 0 Å². The van der Waals surface area contributed by atoms with Crippen molar-refractivity contribution in [2.24, 2.45) is 0 Å². The van der Waals surface area contributed by atoms with Crippen LogP contribution in [0.15, 0.2) is 0 Å². The summed E-state index contributed by atoms with van der Waals surface area (Å²) in [6.07, 6.45) is -5.40. The van der Waals surface area contributed by atoms with Crippen LogP contribution in [0.5, 0.6) is 0 Å². The molecule has 5 unspecified atom stereocenters. The van der Waals surface area contributed by atoms with Gasteiger partial charge >= 0.3 is 72.1 Å². The van der Waals surface area contributed by atoms with Gasteiger partial charge in [-0.15, -0.1) is 0 Å². The maximum absolute atomic E-state index is 7.03. The van der Waals surface area contributed by atoms with E-state index in [4.69, 9.17) is 85.1 Å². The van der Waals surface area contributed by atoms with Gasteiger partial charge in [-0.3, -0.25) is 0 Å². The third-order valence-electron chi connectivity index (χ3n) is 6.31. The van der Waals surface area contributed by atoms with Gasteiger partial charge in [-0.1, -0.05) is 29.7 Å². The third-order valence-corrected chi connectivity index (χ3v) is 36.2. The normalized spacial score (nSPS) is 38.7. The topological polar surface area (TPSA) is 185 Å². The van der Waals surface area contributed by atoms with Crippen molar-refractivity contribution < 1.29 is 85.1 Å². The maximum Gasteiger partial charge on any atom is 0.668 e. The highest BCUT2D eigenvalue weighted by atomic mass is 28.6. The van der Waals surface area contributed by atoms with Crippen LogP contribution < -0.4 is 0 Å². The summed E-state index contributed by atoms with van der Waals surface area (Å²) in [5, 5.41) is 0. The fourth-order valence-electron chi connectivity index (χ4n) is 5.45. The molecular formula is C29H74O20Si8. The van der Waals surface area contributed by atoms with Crippen molar-refractivity contribution >= 4 is 72.1 Å². The Kier molecular flexibility index (Phi) is 19.8. The average Bonchev–Trinajstić information content (AvgIpc) is 2.91. The summed E-state index contributed by atoms with van der Waals surface area (Å²) in [5.74, 6) is 0. The lowest BCUT2D eigenvalue weighted by atomic mass is 10.5. The Labute approximate surface area is 351 Å². The molecule has 6 rings (SSSR count). The molecule has 0 aliphatic carbocycles. The third kappa shape index (κ3) is 13.2. The van der Waals surface area contributed by atoms with Crippen molar-refractivity contribution in [2.45, 2.75) is 189 Å². The molecule has 0 amide bonds. The second kappa shape index (κ2) is 20.2. The summed E-state index contributed by atoms with van der Waals surface area (Å²) in [6, 6.07) is 0. The van der Waals surface area contributed by atoms with Gasteiger partial charge < -0.3 is 85.1 Å². The zero-order valence-corrected chi connectivity index (χ0v) is 41.5. The van der Waals surface area contributed by atoms with Gasteiger partial charge in [-0.2, -0.15) is 0 Å². The van der Waals surface area contributed by atoms with Gasteiger partial charge in [0, 0.05) is 48.8 Å². The molecule has 0 aromatic heterocycles. The van der Waals surface area contributed by atoms with E-state index in [0.29, 0.717) is 0 Å². The highest BCUT2D eigenvalue weighted by Gasteiger charge is 2.89. The Morgan fingerprint density at radius 2 is 0.439 bits per heavy atom. The molecule has 8 bridgehead atoms. The highest BCUT2D eigenvalue weighted by molar-refractivity contribution is 6.96. The van der Waals surface area contributed by atoms with Gasteiger partial charge in [0.25, 0.3) is 0 Å². The first kappa shape index (κ1) is 56.0. The SMILES string of the molecule is C.C.C.C.CC(C)O[Si]12CO[Si]3(OC(C)C)O[Si]4(OC(C)C)O[Si]5(OC(C)C)O[Si](OC(C)C)(O[Si@](OC(C)C)(O1)O4)O[Si@](OC(C)C)(O2)O[Si@](OC(C)C)(O3)O5. The summed E-state index contributed by atoms with van der Waals surface area (Å²) in [7, 11) is -38.9. The average molecular weight is 968 g/mol. The van der Waals surface area contributed by atoms with Gasteiger partial charge in [0.05, 0.1) is 0 Å². The molecule has 342 valence electrons. The van der Waals surface area contributed by atoms with Crippen LogP contribution in [-0.2, 0) is 85.1 Å². The zero-order valence-electron chi connectivity index (χ0n) is 33.5. The first-order valence-corrected chi connectivity index (χ1v) is 31.5. The van der Waals surface area contributed by atoms with Crippen molar-refractivity contribution in [2.75, 3.05) is 6.23 Å². The lowest BCUT2D eigenvalue weighted by Gasteiger charge is -2.55. The van der Waals surface area contributed by atoms with Crippen LogP contribution in [0, 0.1) is 0 Å². The molecule has 6 heterocycles. The summed E-state index contributed by atoms with van der Waals surface area (Å²) < 4.78 is 136. The first-order chi connectivity index (χ1) is 24.3. The molecule has 6 aliphatic heterocycles. The zero-order chi connectivity index (χ0) is 39.5. The monoisotopic (exact) mass is 966 g/mol. The molecule has 57 heavy (non-hydrogen) atoms. The molecule has 0 saturated carbocycles. The number of hydrogen-bond acceptors (Lipinski definition) is 20. The fourth-order valence-corrected chi connectivity index (χ4v) is 41.8. The second-order valence-corrected chi connectivity index (χ2v) is 34.7. The summed E-state index contributed by atoms with van der Waals surface area (Å²) in [4.78, 5) is 0. The molecule has 20 nitrogen and oxygen atoms in total. The van der Waals surface area contributed by atoms with Gasteiger partial charge in [0.1, 0.15) is 6.23 Å². The van der Waals surface area contributed by atoms with Gasteiger partial charge in [0.2, 0.25) is 0 Å². The van der Waals surface area contributed by atoms with E-state index in [9.17, 15) is 0 Å². The second-order valence-electron chi connectivity index (χ2n) is 14.9. The Bertz CT molecular complexity index is 1130. The van der Waals surface area contributed by atoms with E-state index >= 15 is 0 Å². The van der Waals surface area contributed by atoms with Crippen LogP contribution in [0.2, 0.25) is 0 Å². The lowest BCUT2D eigenvalue weighted by molar-refractivity contribution is -0.153. The Hall–Kier alpha value is 0.935.